The number of aryl methyl sites for hydroxylation is 3. The van der Waals surface area contributed by atoms with Gasteiger partial charge >= 0.3 is 0 Å². The van der Waals surface area contributed by atoms with E-state index in [0.29, 0.717) is 30.2 Å². The molecular formula is C25H27N5O2. The predicted molar refractivity (Wildman–Crippen MR) is 126 cm³/mol. The van der Waals surface area contributed by atoms with Crippen molar-refractivity contribution >= 4 is 16.6 Å². The number of ether oxygens (including phenoxy) is 1. The third-order valence-corrected chi connectivity index (χ3v) is 5.53. The number of nitrogens with one attached hydrogen (secondary N) is 1. The maximum atomic E-state index is 12.9. The molecular weight excluding hydrogens is 402 g/mol. The van der Waals surface area contributed by atoms with Gasteiger partial charge in [0, 0.05) is 11.5 Å². The van der Waals surface area contributed by atoms with Crippen LogP contribution in [0.3, 0.4) is 0 Å². The summed E-state index contributed by atoms with van der Waals surface area (Å²) in [4.78, 5) is 21.9. The molecule has 0 aliphatic carbocycles. The summed E-state index contributed by atoms with van der Waals surface area (Å²) in [6.07, 6.45) is 1.71. The molecule has 2 heterocycles. The van der Waals surface area contributed by atoms with E-state index in [1.165, 1.54) is 15.8 Å². The fourth-order valence-corrected chi connectivity index (χ4v) is 3.55. The summed E-state index contributed by atoms with van der Waals surface area (Å²) in [6.45, 7) is 9.00. The second-order valence-electron chi connectivity index (χ2n) is 7.90. The van der Waals surface area contributed by atoms with Gasteiger partial charge in [0.25, 0.3) is 5.56 Å². The third-order valence-electron chi connectivity index (χ3n) is 5.53. The number of fused-ring (bicyclic) bond motifs is 1. The lowest BCUT2D eigenvalue weighted by Gasteiger charge is -2.16. The minimum atomic E-state index is -0.332. The lowest BCUT2D eigenvalue weighted by atomic mass is 10.1. The van der Waals surface area contributed by atoms with Crippen molar-refractivity contribution in [3.05, 3.63) is 87.7 Å². The number of nitrogens with zero attached hydrogens (tertiary/aromatic N) is 4. The van der Waals surface area contributed by atoms with Crippen molar-refractivity contribution in [1.82, 2.24) is 19.7 Å². The van der Waals surface area contributed by atoms with Gasteiger partial charge in [0.15, 0.2) is 0 Å². The van der Waals surface area contributed by atoms with Crippen molar-refractivity contribution < 1.29 is 4.74 Å². The van der Waals surface area contributed by atoms with E-state index >= 15 is 0 Å². The van der Waals surface area contributed by atoms with Gasteiger partial charge in [0.1, 0.15) is 24.0 Å². The second-order valence-corrected chi connectivity index (χ2v) is 7.90. The highest BCUT2D eigenvalue weighted by atomic mass is 16.5. The summed E-state index contributed by atoms with van der Waals surface area (Å²) < 4.78 is 7.31. The summed E-state index contributed by atoms with van der Waals surface area (Å²) in [5.74, 6) is 2.17. The van der Waals surface area contributed by atoms with Gasteiger partial charge < -0.3 is 10.1 Å². The first-order valence-corrected chi connectivity index (χ1v) is 10.7. The highest BCUT2D eigenvalue weighted by Gasteiger charge is 2.16. The molecule has 7 nitrogen and oxygen atoms in total. The molecule has 0 amide bonds. The molecule has 2 aromatic carbocycles. The molecule has 7 heteroatoms. The SMILES string of the molecule is Cc1nc(NCCOc2ccc(C)c(C)c2)cc(C(C)n2ncc3ccccc3c2=O)n1. The van der Waals surface area contributed by atoms with Crippen molar-refractivity contribution in [3.8, 4) is 5.75 Å². The Hall–Kier alpha value is -3.74. The number of rotatable bonds is 7. The molecule has 0 aliphatic heterocycles. The molecule has 0 radical (unpaired) electrons. The van der Waals surface area contributed by atoms with Gasteiger partial charge in [-0.1, -0.05) is 24.3 Å². The summed E-state index contributed by atoms with van der Waals surface area (Å²) in [7, 11) is 0. The van der Waals surface area contributed by atoms with Gasteiger partial charge in [0.2, 0.25) is 0 Å². The largest absolute Gasteiger partial charge is 0.492 e. The zero-order valence-corrected chi connectivity index (χ0v) is 18.8. The van der Waals surface area contributed by atoms with Gasteiger partial charge in [-0.2, -0.15) is 5.10 Å². The molecule has 1 N–H and O–H groups in total. The average molecular weight is 430 g/mol. The number of hydrogen-bond acceptors (Lipinski definition) is 6. The molecule has 0 saturated carbocycles. The van der Waals surface area contributed by atoms with Crippen LogP contribution >= 0.6 is 0 Å². The fraction of sp³-hybridized carbons (Fsp3) is 0.280. The van der Waals surface area contributed by atoms with Gasteiger partial charge in [-0.3, -0.25) is 4.79 Å². The standard InChI is InChI=1S/C25H27N5O2/c1-16-9-10-21(13-17(16)2)32-12-11-26-24-14-23(28-19(4)29-24)18(3)30-25(31)22-8-6-5-7-20(22)15-27-30/h5-10,13-15,18H,11-12H2,1-4H3,(H,26,28,29). The van der Waals surface area contributed by atoms with Crippen LogP contribution < -0.4 is 15.6 Å². The Morgan fingerprint density at radius 2 is 1.84 bits per heavy atom. The predicted octanol–water partition coefficient (Wildman–Crippen LogP) is 4.21. The minimum Gasteiger partial charge on any atom is -0.492 e. The zero-order chi connectivity index (χ0) is 22.7. The maximum absolute atomic E-state index is 12.9. The Bertz CT molecular complexity index is 1320. The molecule has 0 saturated heterocycles. The van der Waals surface area contributed by atoms with Crippen LogP contribution in [0.5, 0.6) is 5.75 Å². The van der Waals surface area contributed by atoms with Gasteiger partial charge in [-0.15, -0.1) is 0 Å². The highest BCUT2D eigenvalue weighted by molar-refractivity contribution is 5.80. The van der Waals surface area contributed by atoms with Crippen molar-refractivity contribution in [3.63, 3.8) is 0 Å². The molecule has 4 aromatic rings. The van der Waals surface area contributed by atoms with E-state index in [-0.39, 0.29) is 11.6 Å². The number of hydrogen-bond donors (Lipinski definition) is 1. The number of aromatic nitrogens is 4. The summed E-state index contributed by atoms with van der Waals surface area (Å²) in [6, 6.07) is 15.1. The first-order valence-electron chi connectivity index (χ1n) is 10.7. The van der Waals surface area contributed by atoms with Crippen LogP contribution in [-0.2, 0) is 0 Å². The first-order chi connectivity index (χ1) is 15.4. The lowest BCUT2D eigenvalue weighted by molar-refractivity contribution is 0.332. The topological polar surface area (TPSA) is 81.9 Å². The van der Waals surface area contributed by atoms with E-state index in [1.54, 1.807) is 6.20 Å². The monoisotopic (exact) mass is 429 g/mol. The second kappa shape index (κ2) is 9.18. The Kier molecular flexibility index (Phi) is 6.16. The van der Waals surface area contributed by atoms with Crippen molar-refractivity contribution in [1.29, 1.82) is 0 Å². The van der Waals surface area contributed by atoms with Crippen LogP contribution in [-0.4, -0.2) is 32.9 Å². The molecule has 1 unspecified atom stereocenters. The third kappa shape index (κ3) is 4.61. The van der Waals surface area contributed by atoms with E-state index in [9.17, 15) is 4.79 Å². The first kappa shape index (κ1) is 21.5. The smallest absolute Gasteiger partial charge is 0.275 e. The van der Waals surface area contributed by atoms with Crippen LogP contribution in [0.4, 0.5) is 5.82 Å². The van der Waals surface area contributed by atoms with Crippen molar-refractivity contribution in [2.75, 3.05) is 18.5 Å². The van der Waals surface area contributed by atoms with E-state index < -0.39 is 0 Å². The Labute approximate surface area is 187 Å². The van der Waals surface area contributed by atoms with Gasteiger partial charge in [-0.05, 0) is 57.0 Å². The fourth-order valence-electron chi connectivity index (χ4n) is 3.55. The normalized spacial score (nSPS) is 12.0. The van der Waals surface area contributed by atoms with Crippen molar-refractivity contribution in [2.24, 2.45) is 0 Å². The molecule has 0 fully saturated rings. The quantitative estimate of drug-likeness (QED) is 0.443. The van der Waals surface area contributed by atoms with Crippen LogP contribution in [0, 0.1) is 20.8 Å². The molecule has 0 spiro atoms. The van der Waals surface area contributed by atoms with E-state index in [4.69, 9.17) is 4.74 Å². The maximum Gasteiger partial charge on any atom is 0.275 e. The van der Waals surface area contributed by atoms with E-state index in [2.05, 4.69) is 40.3 Å². The summed E-state index contributed by atoms with van der Waals surface area (Å²) in [5.41, 5.74) is 3.04. The van der Waals surface area contributed by atoms with E-state index in [0.717, 1.165) is 16.8 Å². The highest BCUT2D eigenvalue weighted by Crippen LogP contribution is 2.19. The zero-order valence-electron chi connectivity index (χ0n) is 18.8. The van der Waals surface area contributed by atoms with Crippen LogP contribution in [0.2, 0.25) is 0 Å². The average Bonchev–Trinajstić information content (AvgIpc) is 2.79. The Morgan fingerprint density at radius 1 is 1.03 bits per heavy atom. The molecule has 2 aromatic heterocycles. The molecule has 1 atom stereocenters. The van der Waals surface area contributed by atoms with Crippen LogP contribution in [0.15, 0.2) is 59.5 Å². The lowest BCUT2D eigenvalue weighted by Crippen LogP contribution is -2.27. The summed E-state index contributed by atoms with van der Waals surface area (Å²) >= 11 is 0. The van der Waals surface area contributed by atoms with Gasteiger partial charge in [-0.25, -0.2) is 14.6 Å². The Balaban J connectivity index is 1.47. The number of anilines is 1. The van der Waals surface area contributed by atoms with Crippen LogP contribution in [0.25, 0.3) is 10.8 Å². The van der Waals surface area contributed by atoms with Crippen molar-refractivity contribution in [2.45, 2.75) is 33.7 Å². The minimum absolute atomic E-state index is 0.136. The van der Waals surface area contributed by atoms with E-state index in [1.807, 2.05) is 56.3 Å². The van der Waals surface area contributed by atoms with Crippen LogP contribution in [0.1, 0.15) is 35.6 Å². The Morgan fingerprint density at radius 3 is 2.66 bits per heavy atom. The summed E-state index contributed by atoms with van der Waals surface area (Å²) in [5, 5.41) is 9.12. The number of benzene rings is 2. The molecule has 32 heavy (non-hydrogen) atoms. The molecule has 0 aliphatic rings. The molecule has 164 valence electrons. The molecule has 0 bridgehead atoms. The van der Waals surface area contributed by atoms with Gasteiger partial charge in [0.05, 0.1) is 29.9 Å². The molecule has 4 rings (SSSR count).